The predicted octanol–water partition coefficient (Wildman–Crippen LogP) is 5.97. The van der Waals surface area contributed by atoms with E-state index < -0.39 is 0 Å². The predicted molar refractivity (Wildman–Crippen MR) is 131 cm³/mol. The first-order valence-corrected chi connectivity index (χ1v) is 12.2. The van der Waals surface area contributed by atoms with Crippen molar-refractivity contribution in [2.75, 3.05) is 13.1 Å². The van der Waals surface area contributed by atoms with E-state index in [1.54, 1.807) is 29.4 Å². The van der Waals surface area contributed by atoms with Crippen LogP contribution in [0.4, 0.5) is 5.13 Å². The van der Waals surface area contributed by atoms with Crippen LogP contribution in [0, 0.1) is 0 Å². The second kappa shape index (κ2) is 10.0. The Morgan fingerprint density at radius 3 is 2.77 bits per heavy atom. The fraction of sp³-hybridized carbons (Fsp3) is 0.292. The molecule has 0 saturated heterocycles. The van der Waals surface area contributed by atoms with Crippen molar-refractivity contribution in [1.29, 1.82) is 0 Å². The van der Waals surface area contributed by atoms with Crippen molar-refractivity contribution in [1.82, 2.24) is 4.90 Å². The lowest BCUT2D eigenvalue weighted by molar-refractivity contribution is -0.665. The van der Waals surface area contributed by atoms with Gasteiger partial charge in [0, 0.05) is 22.9 Å². The SMILES string of the molecule is CCN1CC(=NC=Nc2scc(-c3ccccc3)[n+]2CC)SC=C1C1=CCCC=C1. The highest BCUT2D eigenvalue weighted by atomic mass is 32.2. The lowest BCUT2D eigenvalue weighted by atomic mass is 10.0. The van der Waals surface area contributed by atoms with Gasteiger partial charge in [-0.2, -0.15) is 0 Å². The molecule has 1 aromatic carbocycles. The van der Waals surface area contributed by atoms with Gasteiger partial charge in [-0.3, -0.25) is 0 Å². The van der Waals surface area contributed by atoms with Gasteiger partial charge in [-0.25, -0.2) is 9.56 Å². The number of thiazole rings is 1. The van der Waals surface area contributed by atoms with Crippen LogP contribution < -0.4 is 4.57 Å². The zero-order valence-electron chi connectivity index (χ0n) is 17.5. The quantitative estimate of drug-likeness (QED) is 0.318. The minimum absolute atomic E-state index is 0.831. The number of likely N-dealkylation sites (N-methyl/N-ethyl adjacent to an activating group) is 1. The van der Waals surface area contributed by atoms with E-state index in [0.29, 0.717) is 0 Å². The van der Waals surface area contributed by atoms with Gasteiger partial charge in [-0.1, -0.05) is 71.7 Å². The highest BCUT2D eigenvalue weighted by molar-refractivity contribution is 8.16. The van der Waals surface area contributed by atoms with Crippen molar-refractivity contribution in [3.63, 3.8) is 0 Å². The van der Waals surface area contributed by atoms with E-state index >= 15 is 0 Å². The Morgan fingerprint density at radius 1 is 1.17 bits per heavy atom. The normalized spacial score (nSPS) is 18.2. The van der Waals surface area contributed by atoms with Crippen LogP contribution in [0.25, 0.3) is 11.3 Å². The van der Waals surface area contributed by atoms with E-state index in [4.69, 9.17) is 0 Å². The molecule has 0 fully saturated rings. The summed E-state index contributed by atoms with van der Waals surface area (Å²) in [6.45, 7) is 7.03. The number of benzene rings is 1. The van der Waals surface area contributed by atoms with E-state index in [0.717, 1.165) is 42.7 Å². The molecule has 4 rings (SSSR count). The third kappa shape index (κ3) is 4.65. The molecule has 0 amide bonds. The molecular formula is C24H27N4S2+. The number of allylic oxidation sites excluding steroid dienone is 3. The van der Waals surface area contributed by atoms with Gasteiger partial charge >= 0.3 is 5.13 Å². The minimum Gasteiger partial charge on any atom is -0.364 e. The highest BCUT2D eigenvalue weighted by Gasteiger charge is 2.20. The number of nitrogens with zero attached hydrogens (tertiary/aromatic N) is 4. The first-order valence-electron chi connectivity index (χ1n) is 10.4. The van der Waals surface area contributed by atoms with Gasteiger partial charge in [-0.05, 0) is 37.3 Å². The first-order chi connectivity index (χ1) is 14.8. The van der Waals surface area contributed by atoms with Crippen LogP contribution >= 0.6 is 23.1 Å². The molecule has 1 aromatic heterocycles. The number of hydrogen-bond acceptors (Lipinski definition) is 4. The van der Waals surface area contributed by atoms with Crippen molar-refractivity contribution < 1.29 is 4.57 Å². The molecule has 0 N–H and O–H groups in total. The molecule has 0 unspecified atom stereocenters. The van der Waals surface area contributed by atoms with Crippen LogP contribution in [-0.2, 0) is 6.54 Å². The summed E-state index contributed by atoms with van der Waals surface area (Å²) in [5, 5.41) is 6.45. The van der Waals surface area contributed by atoms with Crippen molar-refractivity contribution in [2.45, 2.75) is 33.2 Å². The average Bonchev–Trinajstić information content (AvgIpc) is 3.23. The molecule has 0 saturated carbocycles. The van der Waals surface area contributed by atoms with Gasteiger partial charge in [0.1, 0.15) is 10.7 Å². The van der Waals surface area contributed by atoms with E-state index in [1.807, 2.05) is 6.07 Å². The van der Waals surface area contributed by atoms with Gasteiger partial charge in [0.05, 0.1) is 18.8 Å². The molecule has 0 radical (unpaired) electrons. The molecule has 0 bridgehead atoms. The number of aromatic nitrogens is 1. The monoisotopic (exact) mass is 435 g/mol. The third-order valence-electron chi connectivity index (χ3n) is 5.20. The summed E-state index contributed by atoms with van der Waals surface area (Å²) in [4.78, 5) is 11.7. The molecule has 154 valence electrons. The minimum atomic E-state index is 0.831. The summed E-state index contributed by atoms with van der Waals surface area (Å²) in [6, 6.07) is 10.5. The van der Waals surface area contributed by atoms with Crippen LogP contribution in [0.15, 0.2) is 80.6 Å². The van der Waals surface area contributed by atoms with Crippen LogP contribution in [0.1, 0.15) is 26.7 Å². The van der Waals surface area contributed by atoms with Crippen molar-refractivity contribution in [3.05, 3.63) is 70.6 Å². The molecule has 2 aromatic rings. The molecule has 4 nitrogen and oxygen atoms in total. The number of hydrogen-bond donors (Lipinski definition) is 0. The van der Waals surface area contributed by atoms with E-state index in [9.17, 15) is 0 Å². The summed E-state index contributed by atoms with van der Waals surface area (Å²) < 4.78 is 2.24. The molecule has 2 aliphatic rings. The van der Waals surface area contributed by atoms with Crippen LogP contribution in [0.5, 0.6) is 0 Å². The van der Waals surface area contributed by atoms with Crippen molar-refractivity contribution in [3.8, 4) is 11.3 Å². The first kappa shape index (κ1) is 20.8. The van der Waals surface area contributed by atoms with Gasteiger partial charge in [0.25, 0.3) is 0 Å². The summed E-state index contributed by atoms with van der Waals surface area (Å²) in [7, 11) is 0. The maximum absolute atomic E-state index is 4.67. The summed E-state index contributed by atoms with van der Waals surface area (Å²) in [5.41, 5.74) is 5.06. The third-order valence-corrected chi connectivity index (χ3v) is 6.92. The summed E-state index contributed by atoms with van der Waals surface area (Å²) >= 11 is 3.37. The van der Waals surface area contributed by atoms with Crippen LogP contribution in [0.3, 0.4) is 0 Å². The Labute approximate surface area is 187 Å². The summed E-state index contributed by atoms with van der Waals surface area (Å²) in [5.74, 6) is 0. The van der Waals surface area contributed by atoms with Crippen molar-refractivity contribution in [2.24, 2.45) is 9.98 Å². The fourth-order valence-corrected chi connectivity index (χ4v) is 5.43. The van der Waals surface area contributed by atoms with Gasteiger partial charge < -0.3 is 4.90 Å². The highest BCUT2D eigenvalue weighted by Crippen LogP contribution is 2.29. The number of rotatable bonds is 6. The van der Waals surface area contributed by atoms with Gasteiger partial charge in [0.2, 0.25) is 6.34 Å². The number of aliphatic imine (C=N–C) groups is 2. The standard InChI is InChI=1S/C24H27N4S2/c1-3-27-15-23(29-16-21(27)19-11-7-5-8-12-19)25-18-26-24-28(4-2)22(17-30-24)20-13-9-6-10-14-20/h6-7,9-14,16-18H,3-5,8,15H2,1-2H3/q+1. The molecule has 2 heterocycles. The molecular weight excluding hydrogens is 408 g/mol. The Morgan fingerprint density at radius 2 is 2.03 bits per heavy atom. The molecule has 30 heavy (non-hydrogen) atoms. The Kier molecular flexibility index (Phi) is 6.97. The Hall–Kier alpha value is -2.44. The topological polar surface area (TPSA) is 31.8 Å². The van der Waals surface area contributed by atoms with E-state index in [2.05, 4.69) is 86.6 Å². The lowest BCUT2D eigenvalue weighted by Crippen LogP contribution is -2.32. The van der Waals surface area contributed by atoms with Crippen LogP contribution in [0.2, 0.25) is 0 Å². The largest absolute Gasteiger partial charge is 0.384 e. The van der Waals surface area contributed by atoms with Gasteiger partial charge in [0.15, 0.2) is 0 Å². The molecule has 0 spiro atoms. The molecule has 1 aliphatic carbocycles. The smallest absolute Gasteiger partial charge is 0.364 e. The maximum atomic E-state index is 4.67. The maximum Gasteiger partial charge on any atom is 0.384 e. The Bertz CT molecular complexity index is 1030. The fourth-order valence-electron chi connectivity index (χ4n) is 3.61. The number of thioether (sulfide) groups is 1. The van der Waals surface area contributed by atoms with Crippen LogP contribution in [-0.4, -0.2) is 29.4 Å². The zero-order valence-corrected chi connectivity index (χ0v) is 19.1. The zero-order chi connectivity index (χ0) is 20.8. The second-order valence-corrected chi connectivity index (χ2v) is 8.83. The van der Waals surface area contributed by atoms with Gasteiger partial charge in [-0.15, -0.1) is 0 Å². The molecule has 0 atom stereocenters. The Balaban J connectivity index is 1.50. The second-order valence-electron chi connectivity index (χ2n) is 7.06. The van der Waals surface area contributed by atoms with Crippen molar-refractivity contribution >= 4 is 39.6 Å². The average molecular weight is 436 g/mol. The lowest BCUT2D eigenvalue weighted by Gasteiger charge is -2.30. The van der Waals surface area contributed by atoms with E-state index in [1.165, 1.54) is 22.5 Å². The molecule has 6 heteroatoms. The summed E-state index contributed by atoms with van der Waals surface area (Å²) in [6.07, 6.45) is 10.8. The van der Waals surface area contributed by atoms with E-state index in [-0.39, 0.29) is 0 Å². The molecule has 1 aliphatic heterocycles.